The molecule has 0 fully saturated rings. The van der Waals surface area contributed by atoms with E-state index in [2.05, 4.69) is 102 Å². The molecule has 164 valence electrons. The Morgan fingerprint density at radius 2 is 1.62 bits per heavy atom. The molecule has 0 bridgehead atoms. The maximum absolute atomic E-state index is 5.91. The van der Waals surface area contributed by atoms with E-state index in [1.165, 1.54) is 16.5 Å². The molecule has 1 aliphatic rings. The number of ether oxygens (including phenoxy) is 1. The van der Waals surface area contributed by atoms with Crippen molar-refractivity contribution in [3.63, 3.8) is 0 Å². The number of tetrazole rings is 1. The summed E-state index contributed by atoms with van der Waals surface area (Å²) in [6, 6.07) is 21.3. The minimum Gasteiger partial charge on any atom is -0.496 e. The molecule has 1 aromatic heterocycles. The Kier molecular flexibility index (Phi) is 5.18. The first kappa shape index (κ1) is 20.6. The van der Waals surface area contributed by atoms with Gasteiger partial charge in [0.1, 0.15) is 11.8 Å². The molecule has 6 heteroatoms. The second-order valence-electron chi connectivity index (χ2n) is 9.45. The van der Waals surface area contributed by atoms with Gasteiger partial charge in [0.15, 0.2) is 5.82 Å². The molecule has 0 amide bonds. The fourth-order valence-electron chi connectivity index (χ4n) is 4.71. The zero-order chi connectivity index (χ0) is 22.3. The van der Waals surface area contributed by atoms with Gasteiger partial charge in [0.2, 0.25) is 0 Å². The van der Waals surface area contributed by atoms with E-state index < -0.39 is 0 Å². The number of methoxy groups -OCH3 is 1. The first-order valence-electron chi connectivity index (χ1n) is 11.1. The average Bonchev–Trinajstić information content (AvgIpc) is 3.29. The molecule has 1 unspecified atom stereocenters. The summed E-state index contributed by atoms with van der Waals surface area (Å²) in [6.07, 6.45) is 1.000. The quantitative estimate of drug-likeness (QED) is 0.471. The van der Waals surface area contributed by atoms with Gasteiger partial charge in [-0.05, 0) is 71.7 Å². The van der Waals surface area contributed by atoms with Crippen LogP contribution in [0.5, 0.6) is 5.75 Å². The van der Waals surface area contributed by atoms with Gasteiger partial charge in [-0.15, -0.1) is 5.10 Å². The number of fused-ring (bicyclic) bond motifs is 2. The van der Waals surface area contributed by atoms with Crippen LogP contribution in [0.2, 0.25) is 0 Å². The van der Waals surface area contributed by atoms with Crippen LogP contribution in [0.4, 0.5) is 0 Å². The van der Waals surface area contributed by atoms with Crippen molar-refractivity contribution in [2.24, 2.45) is 0 Å². The molecule has 0 saturated heterocycles. The summed E-state index contributed by atoms with van der Waals surface area (Å²) in [5, 5.41) is 15.4. The largest absolute Gasteiger partial charge is 0.496 e. The zero-order valence-electron chi connectivity index (χ0n) is 19.1. The number of nitrogens with zero attached hydrogens (tertiary/aromatic N) is 5. The SMILES string of the molecule is COc1cc2ccccc2cc1C(c1nnnn1C(C)(C)C)N1CCc2ccccc2C1. The molecular formula is C26H29N5O. The molecule has 0 radical (unpaired) electrons. The smallest absolute Gasteiger partial charge is 0.173 e. The van der Waals surface area contributed by atoms with Gasteiger partial charge in [0.25, 0.3) is 0 Å². The minimum absolute atomic E-state index is 0.128. The van der Waals surface area contributed by atoms with Crippen molar-refractivity contribution in [1.29, 1.82) is 0 Å². The fourth-order valence-corrected chi connectivity index (χ4v) is 4.71. The van der Waals surface area contributed by atoms with Gasteiger partial charge in [-0.1, -0.05) is 48.5 Å². The van der Waals surface area contributed by atoms with Crippen LogP contribution in [-0.2, 0) is 18.5 Å². The number of aromatic nitrogens is 4. The van der Waals surface area contributed by atoms with Crippen LogP contribution in [0.3, 0.4) is 0 Å². The second-order valence-corrected chi connectivity index (χ2v) is 9.45. The zero-order valence-corrected chi connectivity index (χ0v) is 19.1. The molecule has 1 aliphatic heterocycles. The number of hydrogen-bond acceptors (Lipinski definition) is 5. The van der Waals surface area contributed by atoms with Crippen LogP contribution in [0.15, 0.2) is 60.7 Å². The van der Waals surface area contributed by atoms with E-state index in [0.717, 1.165) is 42.0 Å². The van der Waals surface area contributed by atoms with Gasteiger partial charge in [0, 0.05) is 18.7 Å². The van der Waals surface area contributed by atoms with E-state index in [9.17, 15) is 0 Å². The van der Waals surface area contributed by atoms with E-state index in [-0.39, 0.29) is 11.6 Å². The normalized spacial score (nSPS) is 15.5. The van der Waals surface area contributed by atoms with Crippen LogP contribution in [0, 0.1) is 0 Å². The number of hydrogen-bond donors (Lipinski definition) is 0. The molecule has 4 aromatic rings. The Balaban J connectivity index is 1.70. The van der Waals surface area contributed by atoms with Crippen molar-refractivity contribution in [3.05, 3.63) is 83.2 Å². The van der Waals surface area contributed by atoms with Gasteiger partial charge < -0.3 is 4.74 Å². The maximum atomic E-state index is 5.91. The van der Waals surface area contributed by atoms with Gasteiger partial charge in [0.05, 0.1) is 12.6 Å². The summed E-state index contributed by atoms with van der Waals surface area (Å²) in [4.78, 5) is 2.48. The maximum Gasteiger partial charge on any atom is 0.173 e. The van der Waals surface area contributed by atoms with E-state index in [4.69, 9.17) is 4.74 Å². The van der Waals surface area contributed by atoms with Crippen LogP contribution >= 0.6 is 0 Å². The standard InChI is InChI=1S/C26H29N5O/c1-26(2,3)31-25(27-28-29-31)24(30-14-13-18-9-5-8-12-21(18)17-30)22-15-19-10-6-7-11-20(19)16-23(22)32-4/h5-12,15-16,24H,13-14,17H2,1-4H3. The highest BCUT2D eigenvalue weighted by Gasteiger charge is 2.35. The topological polar surface area (TPSA) is 56.1 Å². The summed E-state index contributed by atoms with van der Waals surface area (Å²) in [5.41, 5.74) is 3.63. The summed E-state index contributed by atoms with van der Waals surface area (Å²) in [5.74, 6) is 1.70. The van der Waals surface area contributed by atoms with Crippen molar-refractivity contribution >= 4 is 10.8 Å². The van der Waals surface area contributed by atoms with Crippen LogP contribution in [0.1, 0.15) is 49.3 Å². The first-order chi connectivity index (χ1) is 15.5. The second kappa shape index (κ2) is 8.02. The highest BCUT2D eigenvalue weighted by molar-refractivity contribution is 5.85. The first-order valence-corrected chi connectivity index (χ1v) is 11.1. The van der Waals surface area contributed by atoms with Crippen LogP contribution in [0.25, 0.3) is 10.8 Å². The average molecular weight is 428 g/mol. The van der Waals surface area contributed by atoms with Gasteiger partial charge >= 0.3 is 0 Å². The molecule has 0 saturated carbocycles. The lowest BCUT2D eigenvalue weighted by Gasteiger charge is -2.36. The predicted octanol–water partition coefficient (Wildman–Crippen LogP) is 4.74. The predicted molar refractivity (Wildman–Crippen MR) is 126 cm³/mol. The highest BCUT2D eigenvalue weighted by atomic mass is 16.5. The van der Waals surface area contributed by atoms with Gasteiger partial charge in [-0.3, -0.25) is 4.90 Å². The molecule has 5 rings (SSSR count). The van der Waals surface area contributed by atoms with Crippen molar-refractivity contribution < 1.29 is 4.74 Å². The van der Waals surface area contributed by atoms with Crippen molar-refractivity contribution in [2.75, 3.05) is 13.7 Å². The highest BCUT2D eigenvalue weighted by Crippen LogP contribution is 2.39. The van der Waals surface area contributed by atoms with Crippen LogP contribution < -0.4 is 4.74 Å². The summed E-state index contributed by atoms with van der Waals surface area (Å²) >= 11 is 0. The van der Waals surface area contributed by atoms with Gasteiger partial charge in [-0.25, -0.2) is 4.68 Å². The molecule has 0 spiro atoms. The third-order valence-electron chi connectivity index (χ3n) is 6.29. The van der Waals surface area contributed by atoms with Crippen LogP contribution in [-0.4, -0.2) is 38.8 Å². The van der Waals surface area contributed by atoms with E-state index in [1.807, 2.05) is 4.68 Å². The Morgan fingerprint density at radius 3 is 2.34 bits per heavy atom. The van der Waals surface area contributed by atoms with Crippen molar-refractivity contribution in [1.82, 2.24) is 25.1 Å². The molecule has 32 heavy (non-hydrogen) atoms. The van der Waals surface area contributed by atoms with E-state index in [0.29, 0.717) is 0 Å². The Labute approximate surface area is 188 Å². The molecule has 6 nitrogen and oxygen atoms in total. The lowest BCUT2D eigenvalue weighted by atomic mass is 9.93. The lowest BCUT2D eigenvalue weighted by molar-refractivity contribution is 0.183. The van der Waals surface area contributed by atoms with Crippen molar-refractivity contribution in [3.8, 4) is 5.75 Å². The fraction of sp³-hybridized carbons (Fsp3) is 0.346. The summed E-state index contributed by atoms with van der Waals surface area (Å²) in [7, 11) is 1.74. The molecule has 2 heterocycles. The Bertz CT molecular complexity index is 1260. The minimum atomic E-state index is -0.241. The molecular weight excluding hydrogens is 398 g/mol. The van der Waals surface area contributed by atoms with Crippen molar-refractivity contribution in [2.45, 2.75) is 45.3 Å². The lowest BCUT2D eigenvalue weighted by Crippen LogP contribution is -2.38. The number of rotatable bonds is 4. The Morgan fingerprint density at radius 1 is 0.938 bits per heavy atom. The molecule has 3 aromatic carbocycles. The third kappa shape index (κ3) is 3.65. The van der Waals surface area contributed by atoms with Gasteiger partial charge in [-0.2, -0.15) is 0 Å². The molecule has 0 aliphatic carbocycles. The van der Waals surface area contributed by atoms with E-state index >= 15 is 0 Å². The summed E-state index contributed by atoms with van der Waals surface area (Å²) < 4.78 is 7.86. The monoisotopic (exact) mass is 427 g/mol. The molecule has 1 atom stereocenters. The third-order valence-corrected chi connectivity index (χ3v) is 6.29. The van der Waals surface area contributed by atoms with E-state index in [1.54, 1.807) is 7.11 Å². The number of benzene rings is 3. The Hall–Kier alpha value is -3.25. The molecule has 0 N–H and O–H groups in total. The summed E-state index contributed by atoms with van der Waals surface area (Å²) in [6.45, 7) is 8.16.